The lowest BCUT2D eigenvalue weighted by Gasteiger charge is -2.29. The van der Waals surface area contributed by atoms with Crippen LogP contribution < -0.4 is 0 Å². The van der Waals surface area contributed by atoms with Crippen molar-refractivity contribution < 1.29 is 35.9 Å². The van der Waals surface area contributed by atoms with Crippen molar-refractivity contribution in [2.75, 3.05) is 12.5 Å². The number of hydrogen-bond acceptors (Lipinski definition) is 8. The maximum absolute atomic E-state index is 12.0. The third-order valence-corrected chi connectivity index (χ3v) is 5.49. The summed E-state index contributed by atoms with van der Waals surface area (Å²) in [5, 5.41) is 0. The Bertz CT molecular complexity index is 976. The molecule has 10 heteroatoms. The third kappa shape index (κ3) is 4.26. The Morgan fingerprint density at radius 2 is 1.44 bits per heavy atom. The van der Waals surface area contributed by atoms with E-state index in [0.29, 0.717) is 0 Å². The van der Waals surface area contributed by atoms with Gasteiger partial charge in [0, 0.05) is 26.4 Å². The molecule has 0 aliphatic carbocycles. The number of ether oxygens (including phenoxy) is 2. The van der Waals surface area contributed by atoms with E-state index < -0.39 is 43.0 Å². The maximum Gasteiger partial charge on any atom is 0.348 e. The Morgan fingerprint density at radius 3 is 1.88 bits per heavy atom. The predicted octanol–water partition coefficient (Wildman–Crippen LogP) is 0.713. The van der Waals surface area contributed by atoms with Crippen molar-refractivity contribution in [2.45, 2.75) is 29.4 Å². The zero-order valence-electron chi connectivity index (χ0n) is 13.9. The molecule has 1 aliphatic heterocycles. The molecule has 1 fully saturated rings. The lowest BCUT2D eigenvalue weighted by molar-refractivity contribution is -0.222. The second-order valence-electron chi connectivity index (χ2n) is 5.98. The fourth-order valence-electron chi connectivity index (χ4n) is 2.12. The molecule has 0 atom stereocenters. The standard InChI is InChI=1S/C15H16O8S2/c1-15(2)22-13(16)11(14(17)23-15)7-9-5-6-10(24(3,18)19)8-12(9)25(4,20)21/h5-8H,1-4H3. The first kappa shape index (κ1) is 19.1. The van der Waals surface area contributed by atoms with E-state index in [4.69, 9.17) is 9.47 Å². The molecule has 136 valence electrons. The maximum atomic E-state index is 12.0. The van der Waals surface area contributed by atoms with Crippen LogP contribution in [0.4, 0.5) is 0 Å². The lowest BCUT2D eigenvalue weighted by atomic mass is 10.1. The molecular formula is C15H16O8S2. The van der Waals surface area contributed by atoms with Gasteiger partial charge in [-0.2, -0.15) is 0 Å². The van der Waals surface area contributed by atoms with Gasteiger partial charge >= 0.3 is 11.9 Å². The Morgan fingerprint density at radius 1 is 0.920 bits per heavy atom. The number of benzene rings is 1. The van der Waals surface area contributed by atoms with Crippen LogP contribution in [0.2, 0.25) is 0 Å². The molecule has 1 saturated heterocycles. The van der Waals surface area contributed by atoms with Crippen LogP contribution in [0, 0.1) is 0 Å². The van der Waals surface area contributed by atoms with Gasteiger partial charge in [-0.3, -0.25) is 0 Å². The smallest absolute Gasteiger partial charge is 0.348 e. The molecule has 0 N–H and O–H groups in total. The van der Waals surface area contributed by atoms with Crippen LogP contribution in [0.15, 0.2) is 33.6 Å². The van der Waals surface area contributed by atoms with Crippen molar-refractivity contribution in [1.29, 1.82) is 0 Å². The first-order valence-electron chi connectivity index (χ1n) is 6.93. The van der Waals surface area contributed by atoms with Gasteiger partial charge in [-0.15, -0.1) is 0 Å². The van der Waals surface area contributed by atoms with Crippen molar-refractivity contribution in [3.05, 3.63) is 29.3 Å². The summed E-state index contributed by atoms with van der Waals surface area (Å²) in [6.45, 7) is 2.75. The van der Waals surface area contributed by atoms with Crippen molar-refractivity contribution in [3.63, 3.8) is 0 Å². The molecule has 8 nitrogen and oxygen atoms in total. The van der Waals surface area contributed by atoms with E-state index in [1.807, 2.05) is 0 Å². The molecule has 0 saturated carbocycles. The van der Waals surface area contributed by atoms with Gasteiger partial charge in [-0.05, 0) is 23.8 Å². The summed E-state index contributed by atoms with van der Waals surface area (Å²) in [6, 6.07) is 3.35. The second-order valence-corrected chi connectivity index (χ2v) is 9.98. The molecule has 25 heavy (non-hydrogen) atoms. The minimum absolute atomic E-state index is 0.0292. The van der Waals surface area contributed by atoms with E-state index in [2.05, 4.69) is 0 Å². The molecule has 0 aromatic heterocycles. The quantitative estimate of drug-likeness (QED) is 0.422. The fraction of sp³-hybridized carbons (Fsp3) is 0.333. The number of hydrogen-bond donors (Lipinski definition) is 0. The molecule has 1 heterocycles. The molecule has 1 aromatic carbocycles. The van der Waals surface area contributed by atoms with Crippen molar-refractivity contribution >= 4 is 37.7 Å². The Hall–Kier alpha value is -2.20. The molecule has 0 unspecified atom stereocenters. The van der Waals surface area contributed by atoms with Crippen LogP contribution >= 0.6 is 0 Å². The highest BCUT2D eigenvalue weighted by Crippen LogP contribution is 2.27. The van der Waals surface area contributed by atoms with Crippen LogP contribution in [-0.4, -0.2) is 47.1 Å². The molecule has 1 aromatic rings. The summed E-state index contributed by atoms with van der Waals surface area (Å²) in [4.78, 5) is 23.4. The van der Waals surface area contributed by atoms with E-state index in [1.165, 1.54) is 26.0 Å². The van der Waals surface area contributed by atoms with Crippen LogP contribution in [0.3, 0.4) is 0 Å². The summed E-state index contributed by atoms with van der Waals surface area (Å²) in [5.74, 6) is -3.36. The normalized spacial score (nSPS) is 17.7. The van der Waals surface area contributed by atoms with Crippen LogP contribution in [0.1, 0.15) is 19.4 Å². The van der Waals surface area contributed by atoms with Crippen LogP contribution in [0.5, 0.6) is 0 Å². The van der Waals surface area contributed by atoms with Crippen LogP contribution in [0.25, 0.3) is 6.08 Å². The monoisotopic (exact) mass is 388 g/mol. The highest BCUT2D eigenvalue weighted by atomic mass is 32.2. The minimum atomic E-state index is -3.84. The van der Waals surface area contributed by atoms with Gasteiger partial charge in [0.05, 0.1) is 9.79 Å². The van der Waals surface area contributed by atoms with Gasteiger partial charge in [0.1, 0.15) is 5.57 Å². The number of carbonyl (C=O) groups excluding carboxylic acids is 2. The Labute approximate surface area is 145 Å². The van der Waals surface area contributed by atoms with Gasteiger partial charge in [-0.1, -0.05) is 6.07 Å². The van der Waals surface area contributed by atoms with E-state index in [0.717, 1.165) is 24.7 Å². The Kier molecular flexibility index (Phi) is 4.56. The van der Waals surface area contributed by atoms with Gasteiger partial charge in [0.2, 0.25) is 0 Å². The highest BCUT2D eigenvalue weighted by molar-refractivity contribution is 7.91. The largest absolute Gasteiger partial charge is 0.419 e. The van der Waals surface area contributed by atoms with E-state index in [9.17, 15) is 26.4 Å². The lowest BCUT2D eigenvalue weighted by Crippen LogP contribution is -2.41. The average Bonchev–Trinajstić information content (AvgIpc) is 2.39. The predicted molar refractivity (Wildman–Crippen MR) is 86.9 cm³/mol. The van der Waals surface area contributed by atoms with Crippen molar-refractivity contribution in [3.8, 4) is 0 Å². The zero-order valence-corrected chi connectivity index (χ0v) is 15.5. The highest BCUT2D eigenvalue weighted by Gasteiger charge is 2.39. The SMILES string of the molecule is CC1(C)OC(=O)C(=Cc2ccc(S(C)(=O)=O)cc2S(C)(=O)=O)C(=O)O1. The van der Waals surface area contributed by atoms with Crippen molar-refractivity contribution in [1.82, 2.24) is 0 Å². The van der Waals surface area contributed by atoms with Gasteiger partial charge in [-0.25, -0.2) is 26.4 Å². The van der Waals surface area contributed by atoms with Gasteiger partial charge < -0.3 is 9.47 Å². The number of esters is 2. The summed E-state index contributed by atoms with van der Waals surface area (Å²) >= 11 is 0. The summed E-state index contributed by atoms with van der Waals surface area (Å²) in [7, 11) is -7.48. The molecule has 0 bridgehead atoms. The first-order valence-corrected chi connectivity index (χ1v) is 10.7. The van der Waals surface area contributed by atoms with Gasteiger partial charge in [0.15, 0.2) is 19.7 Å². The zero-order chi connectivity index (χ0) is 19.2. The van der Waals surface area contributed by atoms with Gasteiger partial charge in [0.25, 0.3) is 5.79 Å². The molecular weight excluding hydrogens is 372 g/mol. The molecule has 2 rings (SSSR count). The number of cyclic esters (lactones) is 2. The first-order chi connectivity index (χ1) is 11.2. The van der Waals surface area contributed by atoms with E-state index in [-0.39, 0.29) is 15.4 Å². The number of rotatable bonds is 3. The average molecular weight is 388 g/mol. The van der Waals surface area contributed by atoms with Crippen LogP contribution in [-0.2, 0) is 38.7 Å². The topological polar surface area (TPSA) is 121 Å². The van der Waals surface area contributed by atoms with E-state index in [1.54, 1.807) is 0 Å². The fourth-order valence-corrected chi connectivity index (χ4v) is 3.74. The molecule has 1 aliphatic rings. The summed E-state index contributed by atoms with van der Waals surface area (Å²) in [6.07, 6.45) is 2.82. The molecule has 0 radical (unpaired) electrons. The van der Waals surface area contributed by atoms with Crippen molar-refractivity contribution in [2.24, 2.45) is 0 Å². The number of carbonyl (C=O) groups is 2. The molecule has 0 spiro atoms. The Balaban J connectivity index is 2.64. The van der Waals surface area contributed by atoms with E-state index >= 15 is 0 Å². The second kappa shape index (κ2) is 5.95. The molecule has 0 amide bonds. The third-order valence-electron chi connectivity index (χ3n) is 3.23. The summed E-state index contributed by atoms with van der Waals surface area (Å²) in [5.41, 5.74) is -0.519. The summed E-state index contributed by atoms with van der Waals surface area (Å²) < 4.78 is 57.1. The minimum Gasteiger partial charge on any atom is -0.419 e. The number of sulfone groups is 2.